The summed E-state index contributed by atoms with van der Waals surface area (Å²) in [6.45, 7) is 5.05. The highest BCUT2D eigenvalue weighted by molar-refractivity contribution is 5.69. The van der Waals surface area contributed by atoms with Crippen LogP contribution in [0.5, 0.6) is 5.75 Å². The van der Waals surface area contributed by atoms with Crippen LogP contribution < -0.4 is 4.74 Å². The number of aliphatic carboxylic acids is 1. The summed E-state index contributed by atoms with van der Waals surface area (Å²) in [6.07, 6.45) is 0. The standard InChI is InChI=1S/C14H20FNO3/c1-10(2)7-16(9-14(17)18)8-11-4-5-13(19-3)12(15)6-11/h4-6,10H,7-9H2,1-3H3,(H,17,18). The normalized spacial score (nSPS) is 11.1. The lowest BCUT2D eigenvalue weighted by Gasteiger charge is -2.22. The molecule has 0 radical (unpaired) electrons. The van der Waals surface area contributed by atoms with Gasteiger partial charge in [0.15, 0.2) is 11.6 Å². The number of carboxylic acids is 1. The SMILES string of the molecule is COc1ccc(CN(CC(=O)O)CC(C)C)cc1F. The van der Waals surface area contributed by atoms with Gasteiger partial charge in [-0.2, -0.15) is 0 Å². The van der Waals surface area contributed by atoms with E-state index in [-0.39, 0.29) is 12.3 Å². The molecule has 5 heteroatoms. The molecule has 0 aliphatic heterocycles. The molecular weight excluding hydrogens is 249 g/mol. The quantitative estimate of drug-likeness (QED) is 0.825. The van der Waals surface area contributed by atoms with Crippen LogP contribution >= 0.6 is 0 Å². The van der Waals surface area contributed by atoms with Crippen molar-refractivity contribution in [2.24, 2.45) is 5.92 Å². The molecular formula is C14H20FNO3. The second kappa shape index (κ2) is 7.09. The van der Waals surface area contributed by atoms with Gasteiger partial charge in [-0.15, -0.1) is 0 Å². The van der Waals surface area contributed by atoms with Gasteiger partial charge in [0.05, 0.1) is 13.7 Å². The van der Waals surface area contributed by atoms with Crippen molar-refractivity contribution in [1.29, 1.82) is 0 Å². The molecule has 1 aromatic rings. The Balaban J connectivity index is 2.77. The predicted molar refractivity (Wildman–Crippen MR) is 70.7 cm³/mol. The number of benzene rings is 1. The van der Waals surface area contributed by atoms with Gasteiger partial charge in [0.1, 0.15) is 0 Å². The fourth-order valence-electron chi connectivity index (χ4n) is 1.96. The Morgan fingerprint density at radius 3 is 2.63 bits per heavy atom. The molecule has 0 saturated heterocycles. The second-order valence-corrected chi connectivity index (χ2v) is 4.93. The van der Waals surface area contributed by atoms with E-state index < -0.39 is 11.8 Å². The van der Waals surface area contributed by atoms with Crippen LogP contribution in [0.25, 0.3) is 0 Å². The number of halogens is 1. The zero-order valence-electron chi connectivity index (χ0n) is 11.5. The lowest BCUT2D eigenvalue weighted by atomic mass is 10.1. The molecule has 1 aromatic carbocycles. The molecule has 106 valence electrons. The molecule has 0 bridgehead atoms. The zero-order chi connectivity index (χ0) is 14.4. The molecule has 0 aliphatic carbocycles. The third-order valence-electron chi connectivity index (χ3n) is 2.60. The molecule has 0 spiro atoms. The first-order valence-corrected chi connectivity index (χ1v) is 6.19. The van der Waals surface area contributed by atoms with Gasteiger partial charge in [-0.3, -0.25) is 9.69 Å². The van der Waals surface area contributed by atoms with Crippen molar-refractivity contribution >= 4 is 5.97 Å². The molecule has 1 N–H and O–H groups in total. The molecule has 0 fully saturated rings. The van der Waals surface area contributed by atoms with Crippen LogP contribution in [0.2, 0.25) is 0 Å². The summed E-state index contributed by atoms with van der Waals surface area (Å²) in [4.78, 5) is 12.6. The van der Waals surface area contributed by atoms with E-state index in [1.165, 1.54) is 13.2 Å². The molecule has 4 nitrogen and oxygen atoms in total. The van der Waals surface area contributed by atoms with Gasteiger partial charge in [-0.25, -0.2) is 4.39 Å². The summed E-state index contributed by atoms with van der Waals surface area (Å²) < 4.78 is 18.4. The van der Waals surface area contributed by atoms with E-state index >= 15 is 0 Å². The Hall–Kier alpha value is -1.62. The van der Waals surface area contributed by atoms with Gasteiger partial charge in [-0.05, 0) is 23.6 Å². The van der Waals surface area contributed by atoms with Gasteiger partial charge < -0.3 is 9.84 Å². The van der Waals surface area contributed by atoms with Gasteiger partial charge >= 0.3 is 5.97 Å². The van der Waals surface area contributed by atoms with Crippen LogP contribution in [-0.4, -0.2) is 36.2 Å². The highest BCUT2D eigenvalue weighted by Crippen LogP contribution is 2.19. The number of carboxylic acid groups (broad SMARTS) is 1. The van der Waals surface area contributed by atoms with E-state index in [1.54, 1.807) is 17.0 Å². The number of hydrogen-bond donors (Lipinski definition) is 1. The third kappa shape index (κ3) is 5.26. The number of ether oxygens (including phenoxy) is 1. The van der Waals surface area contributed by atoms with Crippen molar-refractivity contribution in [3.63, 3.8) is 0 Å². The maximum Gasteiger partial charge on any atom is 0.317 e. The minimum Gasteiger partial charge on any atom is -0.494 e. The van der Waals surface area contributed by atoms with Gasteiger partial charge in [0.2, 0.25) is 0 Å². The number of rotatable bonds is 7. The maximum absolute atomic E-state index is 13.6. The smallest absolute Gasteiger partial charge is 0.317 e. The first-order valence-electron chi connectivity index (χ1n) is 6.19. The number of hydrogen-bond acceptors (Lipinski definition) is 3. The summed E-state index contributed by atoms with van der Waals surface area (Å²) >= 11 is 0. The van der Waals surface area contributed by atoms with Crippen molar-refractivity contribution in [1.82, 2.24) is 4.90 Å². The summed E-state index contributed by atoms with van der Waals surface area (Å²) in [6, 6.07) is 4.68. The van der Waals surface area contributed by atoms with Gasteiger partial charge in [0.25, 0.3) is 0 Å². The largest absolute Gasteiger partial charge is 0.494 e. The topological polar surface area (TPSA) is 49.8 Å². The highest BCUT2D eigenvalue weighted by atomic mass is 19.1. The average molecular weight is 269 g/mol. The van der Waals surface area contributed by atoms with Crippen LogP contribution in [-0.2, 0) is 11.3 Å². The van der Waals surface area contributed by atoms with Crippen molar-refractivity contribution in [3.8, 4) is 5.75 Å². The minimum atomic E-state index is -0.880. The van der Waals surface area contributed by atoms with Gasteiger partial charge in [-0.1, -0.05) is 19.9 Å². The first kappa shape index (κ1) is 15.4. The van der Waals surface area contributed by atoms with Crippen molar-refractivity contribution in [2.75, 3.05) is 20.2 Å². The van der Waals surface area contributed by atoms with Crippen molar-refractivity contribution < 1.29 is 19.0 Å². The molecule has 0 aromatic heterocycles. The highest BCUT2D eigenvalue weighted by Gasteiger charge is 2.13. The number of carbonyl (C=O) groups is 1. The summed E-state index contributed by atoms with van der Waals surface area (Å²) in [5, 5.41) is 8.88. The van der Waals surface area contributed by atoms with Crippen LogP contribution in [0.3, 0.4) is 0 Å². The molecule has 0 heterocycles. The lowest BCUT2D eigenvalue weighted by Crippen LogP contribution is -2.32. The monoisotopic (exact) mass is 269 g/mol. The van der Waals surface area contributed by atoms with Crippen molar-refractivity contribution in [2.45, 2.75) is 20.4 Å². The Labute approximate surface area is 112 Å². The lowest BCUT2D eigenvalue weighted by molar-refractivity contribution is -0.138. The molecule has 0 unspecified atom stereocenters. The summed E-state index contributed by atoms with van der Waals surface area (Å²) in [7, 11) is 1.41. The van der Waals surface area contributed by atoms with E-state index in [9.17, 15) is 9.18 Å². The van der Waals surface area contributed by atoms with E-state index in [4.69, 9.17) is 9.84 Å². The maximum atomic E-state index is 13.6. The van der Waals surface area contributed by atoms with Gasteiger partial charge in [0, 0.05) is 13.1 Å². The summed E-state index contributed by atoms with van der Waals surface area (Å²) in [5.74, 6) is -0.769. The number of methoxy groups -OCH3 is 1. The van der Waals surface area contributed by atoms with Crippen LogP contribution in [0.4, 0.5) is 4.39 Å². The van der Waals surface area contributed by atoms with Crippen molar-refractivity contribution in [3.05, 3.63) is 29.6 Å². The number of nitrogens with zero attached hydrogens (tertiary/aromatic N) is 1. The van der Waals surface area contributed by atoms with E-state index in [0.717, 1.165) is 5.56 Å². The molecule has 0 amide bonds. The molecule has 0 atom stereocenters. The van der Waals surface area contributed by atoms with E-state index in [2.05, 4.69) is 0 Å². The fraction of sp³-hybridized carbons (Fsp3) is 0.500. The molecule has 1 rings (SSSR count). The minimum absolute atomic E-state index is 0.0498. The molecule has 0 saturated carbocycles. The fourth-order valence-corrected chi connectivity index (χ4v) is 1.96. The van der Waals surface area contributed by atoms with Crippen LogP contribution in [0, 0.1) is 11.7 Å². The Kier molecular flexibility index (Phi) is 5.76. The van der Waals surface area contributed by atoms with Crippen LogP contribution in [0.15, 0.2) is 18.2 Å². The average Bonchev–Trinajstić information content (AvgIpc) is 2.27. The Morgan fingerprint density at radius 2 is 2.16 bits per heavy atom. The summed E-state index contributed by atoms with van der Waals surface area (Å²) in [5.41, 5.74) is 0.736. The molecule has 0 aliphatic rings. The first-order chi connectivity index (χ1) is 8.92. The van der Waals surface area contributed by atoms with E-state index in [1.807, 2.05) is 13.8 Å². The predicted octanol–water partition coefficient (Wildman–Crippen LogP) is 2.38. The Morgan fingerprint density at radius 1 is 1.47 bits per heavy atom. The third-order valence-corrected chi connectivity index (χ3v) is 2.60. The molecule has 19 heavy (non-hydrogen) atoms. The van der Waals surface area contributed by atoms with Crippen LogP contribution in [0.1, 0.15) is 19.4 Å². The zero-order valence-corrected chi connectivity index (χ0v) is 11.5. The second-order valence-electron chi connectivity index (χ2n) is 4.93. The Bertz CT molecular complexity index is 435. The van der Waals surface area contributed by atoms with E-state index in [0.29, 0.717) is 19.0 Å².